The predicted molar refractivity (Wildman–Crippen MR) is 82.6 cm³/mol. The van der Waals surface area contributed by atoms with Gasteiger partial charge in [0.1, 0.15) is 5.76 Å². The molecule has 22 heavy (non-hydrogen) atoms. The molecule has 120 valence electrons. The zero-order valence-corrected chi connectivity index (χ0v) is 13.6. The summed E-state index contributed by atoms with van der Waals surface area (Å²) in [5.41, 5.74) is 3.01. The van der Waals surface area contributed by atoms with Crippen LogP contribution in [-0.2, 0) is 16.0 Å². The van der Waals surface area contributed by atoms with Crippen molar-refractivity contribution >= 4 is 5.91 Å². The SMILES string of the molecule is CC1=CC2(CCN(C(=O)Cc3c(C)noc3C)CC2)OCC1. The minimum absolute atomic E-state index is 0.137. The number of piperidine rings is 1. The number of carbonyl (C=O) groups is 1. The van der Waals surface area contributed by atoms with Gasteiger partial charge in [0.05, 0.1) is 24.3 Å². The number of nitrogens with zero attached hydrogens (tertiary/aromatic N) is 2. The molecular weight excluding hydrogens is 280 g/mol. The number of amides is 1. The first-order valence-corrected chi connectivity index (χ1v) is 8.01. The first-order valence-electron chi connectivity index (χ1n) is 8.01. The summed E-state index contributed by atoms with van der Waals surface area (Å²) >= 11 is 0. The maximum Gasteiger partial charge on any atom is 0.227 e. The van der Waals surface area contributed by atoms with Gasteiger partial charge in [-0.1, -0.05) is 16.8 Å². The molecule has 5 heteroatoms. The zero-order valence-electron chi connectivity index (χ0n) is 13.6. The van der Waals surface area contributed by atoms with Crippen LogP contribution in [0.25, 0.3) is 0 Å². The van der Waals surface area contributed by atoms with Gasteiger partial charge < -0.3 is 14.2 Å². The van der Waals surface area contributed by atoms with E-state index in [1.165, 1.54) is 5.57 Å². The van der Waals surface area contributed by atoms with Gasteiger partial charge in [-0.2, -0.15) is 0 Å². The van der Waals surface area contributed by atoms with Gasteiger partial charge in [0.15, 0.2) is 0 Å². The summed E-state index contributed by atoms with van der Waals surface area (Å²) in [5, 5.41) is 3.92. The highest BCUT2D eigenvalue weighted by atomic mass is 16.5. The third-order valence-electron chi connectivity index (χ3n) is 4.87. The predicted octanol–water partition coefficient (Wildman–Crippen LogP) is 2.56. The van der Waals surface area contributed by atoms with Gasteiger partial charge in [-0.3, -0.25) is 4.79 Å². The molecule has 0 aromatic carbocycles. The molecule has 1 aromatic rings. The van der Waals surface area contributed by atoms with E-state index >= 15 is 0 Å². The number of aromatic nitrogens is 1. The Morgan fingerprint density at radius 1 is 1.32 bits per heavy atom. The summed E-state index contributed by atoms with van der Waals surface area (Å²) in [4.78, 5) is 14.4. The van der Waals surface area contributed by atoms with Gasteiger partial charge in [0, 0.05) is 18.7 Å². The molecule has 1 aromatic heterocycles. The lowest BCUT2D eigenvalue weighted by Crippen LogP contribution is -2.48. The molecule has 0 radical (unpaired) electrons. The molecule has 0 aliphatic carbocycles. The maximum absolute atomic E-state index is 12.5. The average Bonchev–Trinajstić information content (AvgIpc) is 2.79. The molecule has 0 saturated carbocycles. The zero-order chi connectivity index (χ0) is 15.7. The van der Waals surface area contributed by atoms with Crippen LogP contribution in [0.5, 0.6) is 0 Å². The molecule has 5 nitrogen and oxygen atoms in total. The molecule has 2 aliphatic rings. The minimum Gasteiger partial charge on any atom is -0.370 e. The third-order valence-corrected chi connectivity index (χ3v) is 4.87. The van der Waals surface area contributed by atoms with E-state index in [9.17, 15) is 4.79 Å². The van der Waals surface area contributed by atoms with E-state index in [4.69, 9.17) is 9.26 Å². The third kappa shape index (κ3) is 2.95. The van der Waals surface area contributed by atoms with E-state index in [1.54, 1.807) is 0 Å². The standard InChI is InChI=1S/C17H24N2O3/c1-12-4-9-21-17(11-12)5-7-19(8-6-17)16(20)10-15-13(2)18-22-14(15)3/h11H,4-10H2,1-3H3. The molecular formula is C17H24N2O3. The van der Waals surface area contributed by atoms with Crippen LogP contribution < -0.4 is 0 Å². The van der Waals surface area contributed by atoms with Crippen molar-refractivity contribution in [2.24, 2.45) is 0 Å². The number of likely N-dealkylation sites (tertiary alicyclic amines) is 1. The number of hydrogen-bond acceptors (Lipinski definition) is 4. The minimum atomic E-state index is -0.137. The van der Waals surface area contributed by atoms with Crippen molar-refractivity contribution in [1.29, 1.82) is 0 Å². The monoisotopic (exact) mass is 304 g/mol. The quantitative estimate of drug-likeness (QED) is 0.788. The van der Waals surface area contributed by atoms with E-state index in [0.29, 0.717) is 6.42 Å². The smallest absolute Gasteiger partial charge is 0.227 e. The van der Waals surface area contributed by atoms with Crippen molar-refractivity contribution in [1.82, 2.24) is 10.1 Å². The van der Waals surface area contributed by atoms with Crippen LogP contribution in [0, 0.1) is 13.8 Å². The summed E-state index contributed by atoms with van der Waals surface area (Å²) in [7, 11) is 0. The summed E-state index contributed by atoms with van der Waals surface area (Å²) in [6.07, 6.45) is 5.45. The second kappa shape index (κ2) is 5.88. The maximum atomic E-state index is 12.5. The Kier molecular flexibility index (Phi) is 4.08. The Morgan fingerprint density at radius 3 is 2.64 bits per heavy atom. The molecule has 2 aliphatic heterocycles. The Morgan fingerprint density at radius 2 is 2.05 bits per heavy atom. The molecule has 0 N–H and O–H groups in total. The molecule has 3 heterocycles. The van der Waals surface area contributed by atoms with Crippen LogP contribution in [0.4, 0.5) is 0 Å². The Bertz CT molecular complexity index is 576. The molecule has 0 unspecified atom stereocenters. The lowest BCUT2D eigenvalue weighted by Gasteiger charge is -2.42. The molecule has 3 rings (SSSR count). The number of ether oxygens (including phenoxy) is 1. The molecule has 1 saturated heterocycles. The van der Waals surface area contributed by atoms with Crippen molar-refractivity contribution in [2.45, 2.75) is 52.1 Å². The van der Waals surface area contributed by atoms with Crippen molar-refractivity contribution in [3.05, 3.63) is 28.7 Å². The first-order chi connectivity index (χ1) is 10.5. The number of hydrogen-bond donors (Lipinski definition) is 0. The molecule has 0 atom stereocenters. The molecule has 0 bridgehead atoms. The van der Waals surface area contributed by atoms with E-state index in [-0.39, 0.29) is 11.5 Å². The second-order valence-corrected chi connectivity index (χ2v) is 6.51. The normalized spacial score (nSPS) is 21.0. The molecule has 1 spiro atoms. The van der Waals surface area contributed by atoms with E-state index < -0.39 is 0 Å². The lowest BCUT2D eigenvalue weighted by molar-refractivity contribution is -0.135. The fourth-order valence-corrected chi connectivity index (χ4v) is 3.42. The number of aryl methyl sites for hydroxylation is 2. The Balaban J connectivity index is 1.62. The van der Waals surface area contributed by atoms with Crippen LogP contribution in [0.2, 0.25) is 0 Å². The topological polar surface area (TPSA) is 55.6 Å². The van der Waals surface area contributed by atoms with Gasteiger partial charge in [0.2, 0.25) is 5.91 Å². The average molecular weight is 304 g/mol. The highest BCUT2D eigenvalue weighted by Crippen LogP contribution is 2.33. The van der Waals surface area contributed by atoms with Crippen molar-refractivity contribution in [2.75, 3.05) is 19.7 Å². The fourth-order valence-electron chi connectivity index (χ4n) is 3.42. The number of rotatable bonds is 2. The van der Waals surface area contributed by atoms with E-state index in [2.05, 4.69) is 18.2 Å². The summed E-state index contributed by atoms with van der Waals surface area (Å²) in [6.45, 7) is 8.22. The van der Waals surface area contributed by atoms with Crippen LogP contribution in [0.1, 0.15) is 43.2 Å². The van der Waals surface area contributed by atoms with Crippen LogP contribution in [0.3, 0.4) is 0 Å². The van der Waals surface area contributed by atoms with Crippen LogP contribution in [0.15, 0.2) is 16.2 Å². The van der Waals surface area contributed by atoms with Crippen LogP contribution >= 0.6 is 0 Å². The lowest BCUT2D eigenvalue weighted by atomic mass is 9.87. The summed E-state index contributed by atoms with van der Waals surface area (Å²) in [6, 6.07) is 0. The molecule has 1 fully saturated rings. The molecule has 1 amide bonds. The van der Waals surface area contributed by atoms with Crippen molar-refractivity contribution in [3.63, 3.8) is 0 Å². The largest absolute Gasteiger partial charge is 0.370 e. The summed E-state index contributed by atoms with van der Waals surface area (Å²) < 4.78 is 11.1. The van der Waals surface area contributed by atoms with E-state index in [1.807, 2.05) is 18.7 Å². The van der Waals surface area contributed by atoms with Crippen LogP contribution in [-0.4, -0.2) is 41.3 Å². The Labute approximate surface area is 131 Å². The van der Waals surface area contributed by atoms with Crippen molar-refractivity contribution < 1.29 is 14.1 Å². The fraction of sp³-hybridized carbons (Fsp3) is 0.647. The number of carbonyl (C=O) groups excluding carboxylic acids is 1. The van der Waals surface area contributed by atoms with Crippen molar-refractivity contribution in [3.8, 4) is 0 Å². The highest BCUT2D eigenvalue weighted by molar-refractivity contribution is 5.79. The van der Waals surface area contributed by atoms with Gasteiger partial charge >= 0.3 is 0 Å². The first kappa shape index (κ1) is 15.3. The van der Waals surface area contributed by atoms with Gasteiger partial charge in [-0.15, -0.1) is 0 Å². The van der Waals surface area contributed by atoms with Gasteiger partial charge in [-0.25, -0.2) is 0 Å². The second-order valence-electron chi connectivity index (χ2n) is 6.51. The van der Waals surface area contributed by atoms with E-state index in [0.717, 1.165) is 56.0 Å². The summed E-state index contributed by atoms with van der Waals surface area (Å²) in [5.74, 6) is 0.897. The van der Waals surface area contributed by atoms with Gasteiger partial charge in [0.25, 0.3) is 0 Å². The highest BCUT2D eigenvalue weighted by Gasteiger charge is 2.36. The van der Waals surface area contributed by atoms with Gasteiger partial charge in [-0.05, 0) is 40.0 Å². The Hall–Kier alpha value is -1.62.